The Morgan fingerprint density at radius 3 is 2.47 bits per heavy atom. The summed E-state index contributed by atoms with van der Waals surface area (Å²) in [5, 5.41) is 14.2. The molecule has 1 amide bonds. The molecule has 0 saturated heterocycles. The number of carbonyl (C=O) groups is 1. The fourth-order valence-corrected chi connectivity index (χ4v) is 5.28. The SMILES string of the molecule is Cc1ccc(Nc2c(-c3ccc(F)cc3)nc3n2CCN(C(=O)[C@@H](O)CC2CCCCC2)C3)cc1.S. The van der Waals surface area contributed by atoms with Crippen molar-refractivity contribution in [2.45, 2.75) is 64.6 Å². The van der Waals surface area contributed by atoms with E-state index in [0.29, 0.717) is 32.0 Å². The lowest BCUT2D eigenvalue weighted by Crippen LogP contribution is -2.44. The molecule has 36 heavy (non-hydrogen) atoms. The second kappa shape index (κ2) is 11.5. The summed E-state index contributed by atoms with van der Waals surface area (Å²) in [6.45, 7) is 3.46. The number of benzene rings is 2. The van der Waals surface area contributed by atoms with Crippen molar-refractivity contribution in [3.63, 3.8) is 0 Å². The lowest BCUT2D eigenvalue weighted by molar-refractivity contribution is -0.142. The van der Waals surface area contributed by atoms with Gasteiger partial charge in [-0.3, -0.25) is 4.79 Å². The Kier molecular flexibility index (Phi) is 8.36. The minimum absolute atomic E-state index is 0. The highest BCUT2D eigenvalue weighted by Gasteiger charge is 2.31. The summed E-state index contributed by atoms with van der Waals surface area (Å²) in [6, 6.07) is 14.4. The molecule has 6 nitrogen and oxygen atoms in total. The fraction of sp³-hybridized carbons (Fsp3) is 0.429. The molecule has 0 unspecified atom stereocenters. The number of halogens is 1. The molecule has 2 aliphatic rings. The van der Waals surface area contributed by atoms with Crippen LogP contribution >= 0.6 is 13.5 Å². The molecule has 2 heterocycles. The van der Waals surface area contributed by atoms with Crippen molar-refractivity contribution in [1.29, 1.82) is 0 Å². The number of hydrogen-bond acceptors (Lipinski definition) is 4. The van der Waals surface area contributed by atoms with E-state index in [0.717, 1.165) is 41.4 Å². The number of rotatable bonds is 6. The Hall–Kier alpha value is -2.84. The molecule has 1 fully saturated rings. The lowest BCUT2D eigenvalue weighted by Gasteiger charge is -2.31. The number of nitrogens with zero attached hydrogens (tertiary/aromatic N) is 3. The van der Waals surface area contributed by atoms with Crippen molar-refractivity contribution in [2.24, 2.45) is 5.92 Å². The van der Waals surface area contributed by atoms with E-state index in [9.17, 15) is 14.3 Å². The van der Waals surface area contributed by atoms with Gasteiger partial charge in [0, 0.05) is 24.3 Å². The van der Waals surface area contributed by atoms with Crippen molar-refractivity contribution in [3.05, 3.63) is 65.7 Å². The second-order valence-corrected chi connectivity index (χ2v) is 9.89. The molecule has 0 radical (unpaired) electrons. The number of aromatic nitrogens is 2. The summed E-state index contributed by atoms with van der Waals surface area (Å²) in [7, 11) is 0. The number of hydrogen-bond donors (Lipinski definition) is 2. The first-order chi connectivity index (χ1) is 17.0. The van der Waals surface area contributed by atoms with Gasteiger partial charge in [-0.2, -0.15) is 13.5 Å². The van der Waals surface area contributed by atoms with Crippen LogP contribution in [0.5, 0.6) is 0 Å². The second-order valence-electron chi connectivity index (χ2n) is 9.89. The third-order valence-electron chi connectivity index (χ3n) is 7.28. The zero-order valence-corrected chi connectivity index (χ0v) is 21.7. The van der Waals surface area contributed by atoms with Crippen LogP contribution in [0.25, 0.3) is 11.3 Å². The van der Waals surface area contributed by atoms with Crippen LogP contribution in [0, 0.1) is 18.7 Å². The van der Waals surface area contributed by atoms with Gasteiger partial charge < -0.3 is 19.9 Å². The number of carbonyl (C=O) groups excluding carboxylic acids is 1. The molecule has 0 spiro atoms. The molecule has 0 bridgehead atoms. The highest BCUT2D eigenvalue weighted by molar-refractivity contribution is 7.59. The van der Waals surface area contributed by atoms with Crippen LogP contribution in [0.1, 0.15) is 49.9 Å². The van der Waals surface area contributed by atoms with E-state index >= 15 is 0 Å². The molecule has 2 N–H and O–H groups in total. The van der Waals surface area contributed by atoms with E-state index in [1.807, 2.05) is 31.2 Å². The number of aliphatic hydroxyl groups excluding tert-OH is 1. The minimum Gasteiger partial charge on any atom is -0.383 e. The Bertz CT molecular complexity index is 1170. The Morgan fingerprint density at radius 1 is 1.08 bits per heavy atom. The Labute approximate surface area is 219 Å². The number of nitrogens with one attached hydrogen (secondary N) is 1. The van der Waals surface area contributed by atoms with Crippen LogP contribution in [0.15, 0.2) is 48.5 Å². The number of anilines is 2. The molecular formula is C28H35FN4O2S. The molecule has 8 heteroatoms. The van der Waals surface area contributed by atoms with E-state index in [4.69, 9.17) is 4.98 Å². The van der Waals surface area contributed by atoms with Gasteiger partial charge >= 0.3 is 0 Å². The molecule has 1 aliphatic carbocycles. The molecule has 1 aromatic heterocycles. The summed E-state index contributed by atoms with van der Waals surface area (Å²) >= 11 is 0. The van der Waals surface area contributed by atoms with Gasteiger partial charge in [0.05, 0.1) is 6.54 Å². The van der Waals surface area contributed by atoms with Crippen LogP contribution in [0.2, 0.25) is 0 Å². The van der Waals surface area contributed by atoms with E-state index in [1.165, 1.54) is 37.0 Å². The number of fused-ring (bicyclic) bond motifs is 1. The van der Waals surface area contributed by atoms with Crippen LogP contribution in [-0.4, -0.2) is 38.1 Å². The summed E-state index contributed by atoms with van der Waals surface area (Å²) in [5.41, 5.74) is 3.63. The Morgan fingerprint density at radius 2 is 1.78 bits per heavy atom. The molecule has 3 aromatic rings. The van der Waals surface area contributed by atoms with Gasteiger partial charge in [0.1, 0.15) is 29.3 Å². The summed E-state index contributed by atoms with van der Waals surface area (Å²) in [5.74, 6) is 1.51. The number of aryl methyl sites for hydroxylation is 1. The van der Waals surface area contributed by atoms with Crippen LogP contribution < -0.4 is 5.32 Å². The maximum absolute atomic E-state index is 13.6. The molecule has 1 atom stereocenters. The normalized spacial score (nSPS) is 16.7. The topological polar surface area (TPSA) is 70.4 Å². The van der Waals surface area contributed by atoms with Crippen LogP contribution in [-0.2, 0) is 17.9 Å². The van der Waals surface area contributed by atoms with Crippen molar-refractivity contribution >= 4 is 30.9 Å². The highest BCUT2D eigenvalue weighted by atomic mass is 32.1. The first-order valence-electron chi connectivity index (χ1n) is 12.6. The average molecular weight is 511 g/mol. The predicted octanol–water partition coefficient (Wildman–Crippen LogP) is 5.53. The van der Waals surface area contributed by atoms with Gasteiger partial charge in [0.25, 0.3) is 5.91 Å². The largest absolute Gasteiger partial charge is 0.383 e. The highest BCUT2D eigenvalue weighted by Crippen LogP contribution is 2.34. The quantitative estimate of drug-likeness (QED) is 0.458. The fourth-order valence-electron chi connectivity index (χ4n) is 5.28. The van der Waals surface area contributed by atoms with Crippen molar-refractivity contribution < 1.29 is 14.3 Å². The van der Waals surface area contributed by atoms with Crippen LogP contribution in [0.3, 0.4) is 0 Å². The maximum Gasteiger partial charge on any atom is 0.251 e. The molecule has 5 rings (SSSR count). The van der Waals surface area contributed by atoms with Gasteiger partial charge in [-0.25, -0.2) is 9.37 Å². The van der Waals surface area contributed by atoms with E-state index in [-0.39, 0.29) is 25.2 Å². The standard InChI is InChI=1S/C28H33FN4O2.H2S/c1-19-7-13-23(14-8-19)30-27-26(21-9-11-22(29)12-10-21)31-25-18-32(15-16-33(25)27)28(35)24(34)17-20-5-3-2-4-6-20;/h7-14,20,24,30,34H,2-6,15-18H2,1H3;1H2/t24-;/m0./s1. The number of imidazole rings is 1. The van der Waals surface area contributed by atoms with E-state index < -0.39 is 6.10 Å². The Balaban J connectivity index is 0.00000304. The van der Waals surface area contributed by atoms with Crippen molar-refractivity contribution in [1.82, 2.24) is 14.5 Å². The minimum atomic E-state index is -0.957. The van der Waals surface area contributed by atoms with Gasteiger partial charge in [-0.15, -0.1) is 0 Å². The monoisotopic (exact) mass is 510 g/mol. The van der Waals surface area contributed by atoms with Gasteiger partial charge in [0.2, 0.25) is 0 Å². The van der Waals surface area contributed by atoms with Crippen molar-refractivity contribution in [3.8, 4) is 11.3 Å². The summed E-state index contributed by atoms with van der Waals surface area (Å²) in [4.78, 5) is 19.7. The van der Waals surface area contributed by atoms with Crippen LogP contribution in [0.4, 0.5) is 15.9 Å². The van der Waals surface area contributed by atoms with E-state index in [1.54, 1.807) is 17.0 Å². The third kappa shape index (κ3) is 5.76. The molecule has 1 saturated carbocycles. The van der Waals surface area contributed by atoms with Gasteiger partial charge in [0.15, 0.2) is 0 Å². The molecule has 2 aromatic carbocycles. The zero-order valence-electron chi connectivity index (χ0n) is 20.7. The zero-order chi connectivity index (χ0) is 24.4. The predicted molar refractivity (Wildman–Crippen MR) is 145 cm³/mol. The molecule has 192 valence electrons. The summed E-state index contributed by atoms with van der Waals surface area (Å²) < 4.78 is 15.7. The third-order valence-corrected chi connectivity index (χ3v) is 7.28. The molecular weight excluding hydrogens is 475 g/mol. The summed E-state index contributed by atoms with van der Waals surface area (Å²) in [6.07, 6.45) is 5.43. The van der Waals surface area contributed by atoms with Crippen molar-refractivity contribution in [2.75, 3.05) is 11.9 Å². The lowest BCUT2D eigenvalue weighted by atomic mass is 9.85. The first-order valence-corrected chi connectivity index (χ1v) is 12.6. The smallest absolute Gasteiger partial charge is 0.251 e. The number of aliphatic hydroxyl groups is 1. The van der Waals surface area contributed by atoms with E-state index in [2.05, 4.69) is 9.88 Å². The van der Waals surface area contributed by atoms with Gasteiger partial charge in [-0.05, 0) is 55.7 Å². The average Bonchev–Trinajstić information content (AvgIpc) is 3.23. The molecule has 1 aliphatic heterocycles. The van der Waals surface area contributed by atoms with Gasteiger partial charge in [-0.1, -0.05) is 49.8 Å². The maximum atomic E-state index is 13.6. The number of amides is 1. The first kappa shape index (κ1) is 26.2.